The van der Waals surface area contributed by atoms with Crippen molar-refractivity contribution < 1.29 is 4.52 Å². The van der Waals surface area contributed by atoms with E-state index in [0.29, 0.717) is 10.7 Å². The van der Waals surface area contributed by atoms with Gasteiger partial charge in [0, 0.05) is 0 Å². The maximum absolute atomic E-state index is 12.0. The van der Waals surface area contributed by atoms with E-state index < -0.39 is 0 Å². The van der Waals surface area contributed by atoms with Crippen LogP contribution in [-0.4, -0.2) is 21.3 Å². The molecule has 1 aromatic carbocycles. The summed E-state index contributed by atoms with van der Waals surface area (Å²) in [7, 11) is 0. The molecule has 0 aliphatic carbocycles. The van der Waals surface area contributed by atoms with Gasteiger partial charge in [-0.2, -0.15) is 0 Å². The third-order valence-corrected chi connectivity index (χ3v) is 3.09. The van der Waals surface area contributed by atoms with Gasteiger partial charge >= 0.3 is 11.9 Å². The number of rotatable bonds is 1. The van der Waals surface area contributed by atoms with Crippen molar-refractivity contribution in [3.05, 3.63) is 40.9 Å². The standard InChI is InChI=1S/C11H8N4OS/c1-17-11-13-10(16)9-7-4-2-3-5-8(7)12-6-15(9)14-11/h2-6H,1H3/p+1. The van der Waals surface area contributed by atoms with Crippen LogP contribution in [0.4, 0.5) is 0 Å². The Hall–Kier alpha value is -1.95. The number of hydrogen-bond donors (Lipinski definition) is 1. The van der Waals surface area contributed by atoms with Gasteiger partial charge in [-0.05, 0) is 23.4 Å². The molecular formula is C11H9N4OS+. The third kappa shape index (κ3) is 1.57. The molecule has 2 heterocycles. The Morgan fingerprint density at radius 3 is 3.00 bits per heavy atom. The smallest absolute Gasteiger partial charge is 0.295 e. The second kappa shape index (κ2) is 3.81. The molecule has 0 aliphatic rings. The number of aromatic nitrogens is 4. The van der Waals surface area contributed by atoms with E-state index in [1.165, 1.54) is 16.3 Å². The van der Waals surface area contributed by atoms with Crippen LogP contribution in [0, 0.1) is 0 Å². The van der Waals surface area contributed by atoms with Crippen LogP contribution in [0.1, 0.15) is 0 Å². The van der Waals surface area contributed by atoms with E-state index in [-0.39, 0.29) is 5.56 Å². The number of para-hydroxylation sites is 1. The molecule has 0 amide bonds. The molecule has 3 aromatic rings. The SMILES string of the molecule is CSc1n[n+]2cnc3ccccc3c2c(=O)[nH]1. The van der Waals surface area contributed by atoms with Gasteiger partial charge in [0.2, 0.25) is 10.7 Å². The summed E-state index contributed by atoms with van der Waals surface area (Å²) in [4.78, 5) is 19.0. The first-order valence-electron chi connectivity index (χ1n) is 5.03. The van der Waals surface area contributed by atoms with Crippen LogP contribution < -0.4 is 10.1 Å². The predicted octanol–water partition coefficient (Wildman–Crippen LogP) is 0.779. The van der Waals surface area contributed by atoms with Gasteiger partial charge < -0.3 is 0 Å². The molecular weight excluding hydrogens is 236 g/mol. The Labute approximate surface area is 101 Å². The molecule has 1 N–H and O–H groups in total. The minimum atomic E-state index is -0.150. The molecule has 5 nitrogen and oxygen atoms in total. The Morgan fingerprint density at radius 2 is 2.18 bits per heavy atom. The quantitative estimate of drug-likeness (QED) is 0.391. The first-order chi connectivity index (χ1) is 8.29. The highest BCUT2D eigenvalue weighted by Crippen LogP contribution is 2.11. The van der Waals surface area contributed by atoms with Gasteiger partial charge in [-0.1, -0.05) is 33.5 Å². The lowest BCUT2D eigenvalue weighted by molar-refractivity contribution is -0.589. The van der Waals surface area contributed by atoms with Crippen molar-refractivity contribution in [3.8, 4) is 0 Å². The first kappa shape index (κ1) is 10.2. The number of H-pyrrole nitrogens is 1. The van der Waals surface area contributed by atoms with E-state index in [4.69, 9.17) is 0 Å². The molecule has 2 aromatic heterocycles. The Balaban J connectivity index is 2.55. The number of hydrogen-bond acceptors (Lipinski definition) is 4. The summed E-state index contributed by atoms with van der Waals surface area (Å²) in [6.07, 6.45) is 3.42. The number of aromatic amines is 1. The predicted molar refractivity (Wildman–Crippen MR) is 65.1 cm³/mol. The van der Waals surface area contributed by atoms with Gasteiger partial charge in [0.05, 0.1) is 5.39 Å². The van der Waals surface area contributed by atoms with Gasteiger partial charge in [-0.25, -0.2) is 0 Å². The number of benzene rings is 1. The van der Waals surface area contributed by atoms with Gasteiger partial charge in [-0.3, -0.25) is 9.78 Å². The van der Waals surface area contributed by atoms with E-state index in [9.17, 15) is 4.79 Å². The summed E-state index contributed by atoms with van der Waals surface area (Å²) < 4.78 is 1.52. The summed E-state index contributed by atoms with van der Waals surface area (Å²) in [5.41, 5.74) is 1.16. The van der Waals surface area contributed by atoms with Gasteiger partial charge in [-0.15, -0.1) is 0 Å². The van der Waals surface area contributed by atoms with Crippen LogP contribution in [0.15, 0.2) is 40.5 Å². The highest BCUT2D eigenvalue weighted by molar-refractivity contribution is 7.98. The molecule has 0 bridgehead atoms. The van der Waals surface area contributed by atoms with E-state index in [1.54, 1.807) is 6.33 Å². The largest absolute Gasteiger partial charge is 0.312 e. The Kier molecular flexibility index (Phi) is 2.29. The average molecular weight is 245 g/mol. The van der Waals surface area contributed by atoms with E-state index in [1.807, 2.05) is 30.5 Å². The lowest BCUT2D eigenvalue weighted by Gasteiger charge is -1.97. The van der Waals surface area contributed by atoms with Crippen LogP contribution in [-0.2, 0) is 0 Å². The molecule has 0 unspecified atom stereocenters. The zero-order chi connectivity index (χ0) is 11.8. The fraction of sp³-hybridized carbons (Fsp3) is 0.0909. The lowest BCUT2D eigenvalue weighted by atomic mass is 10.2. The Morgan fingerprint density at radius 1 is 1.35 bits per heavy atom. The number of thioether (sulfide) groups is 1. The average Bonchev–Trinajstić information content (AvgIpc) is 2.37. The number of nitrogens with zero attached hydrogens (tertiary/aromatic N) is 3. The summed E-state index contributed by atoms with van der Waals surface area (Å²) in [6, 6.07) is 7.51. The molecule has 0 aliphatic heterocycles. The van der Waals surface area contributed by atoms with Gasteiger partial charge in [0.1, 0.15) is 0 Å². The topological polar surface area (TPSA) is 62.7 Å². The van der Waals surface area contributed by atoms with Gasteiger partial charge in [0.15, 0.2) is 5.52 Å². The van der Waals surface area contributed by atoms with Crippen molar-refractivity contribution >= 4 is 28.2 Å². The van der Waals surface area contributed by atoms with Crippen molar-refractivity contribution in [2.45, 2.75) is 5.16 Å². The van der Waals surface area contributed by atoms with Crippen LogP contribution in [0.25, 0.3) is 16.4 Å². The summed E-state index contributed by atoms with van der Waals surface area (Å²) in [6.45, 7) is 0. The van der Waals surface area contributed by atoms with Crippen molar-refractivity contribution in [1.29, 1.82) is 0 Å². The van der Waals surface area contributed by atoms with Crippen molar-refractivity contribution in [2.75, 3.05) is 6.26 Å². The minimum Gasteiger partial charge on any atom is -0.295 e. The molecule has 0 fully saturated rings. The molecule has 0 atom stereocenters. The Bertz CT molecular complexity index is 768. The normalized spacial score (nSPS) is 11.1. The van der Waals surface area contributed by atoms with Crippen LogP contribution in [0.3, 0.4) is 0 Å². The molecule has 3 rings (SSSR count). The zero-order valence-corrected chi connectivity index (χ0v) is 9.86. The second-order valence-electron chi connectivity index (χ2n) is 3.52. The van der Waals surface area contributed by atoms with Crippen LogP contribution in [0.2, 0.25) is 0 Å². The second-order valence-corrected chi connectivity index (χ2v) is 4.31. The molecule has 0 saturated heterocycles. The fourth-order valence-corrected chi connectivity index (χ4v) is 2.12. The monoisotopic (exact) mass is 245 g/mol. The van der Waals surface area contributed by atoms with Gasteiger partial charge in [0.25, 0.3) is 0 Å². The fourth-order valence-electron chi connectivity index (χ4n) is 1.76. The van der Waals surface area contributed by atoms with Crippen LogP contribution in [0.5, 0.6) is 0 Å². The molecule has 0 radical (unpaired) electrons. The maximum Gasteiger partial charge on any atom is 0.312 e. The first-order valence-corrected chi connectivity index (χ1v) is 6.26. The number of fused-ring (bicyclic) bond motifs is 3. The molecule has 0 saturated carbocycles. The highest BCUT2D eigenvalue weighted by atomic mass is 32.2. The van der Waals surface area contributed by atoms with E-state index in [0.717, 1.165) is 10.9 Å². The van der Waals surface area contributed by atoms with Crippen molar-refractivity contribution in [1.82, 2.24) is 15.1 Å². The highest BCUT2D eigenvalue weighted by Gasteiger charge is 2.14. The summed E-state index contributed by atoms with van der Waals surface area (Å²) in [5.74, 6) is 0. The molecule has 0 spiro atoms. The summed E-state index contributed by atoms with van der Waals surface area (Å²) in [5, 5.41) is 5.64. The van der Waals surface area contributed by atoms with E-state index in [2.05, 4.69) is 15.1 Å². The van der Waals surface area contributed by atoms with Crippen molar-refractivity contribution in [2.24, 2.45) is 0 Å². The minimum absolute atomic E-state index is 0.150. The number of nitrogens with one attached hydrogen (secondary N) is 1. The van der Waals surface area contributed by atoms with E-state index >= 15 is 0 Å². The zero-order valence-electron chi connectivity index (χ0n) is 9.04. The van der Waals surface area contributed by atoms with Crippen molar-refractivity contribution in [3.63, 3.8) is 0 Å². The lowest BCUT2D eigenvalue weighted by Crippen LogP contribution is -2.35. The molecule has 17 heavy (non-hydrogen) atoms. The third-order valence-electron chi connectivity index (χ3n) is 2.52. The van der Waals surface area contributed by atoms with Crippen LogP contribution >= 0.6 is 11.8 Å². The maximum atomic E-state index is 12.0. The molecule has 84 valence electrons. The molecule has 6 heteroatoms. The summed E-state index contributed by atoms with van der Waals surface area (Å²) >= 11 is 1.39.